The van der Waals surface area contributed by atoms with E-state index >= 15 is 8.78 Å². The van der Waals surface area contributed by atoms with Crippen LogP contribution in [0.3, 0.4) is 0 Å². The van der Waals surface area contributed by atoms with Crippen LogP contribution in [0.2, 0.25) is 0 Å². The lowest BCUT2D eigenvalue weighted by Gasteiger charge is -2.43. The zero-order chi connectivity index (χ0) is 47.1. The van der Waals surface area contributed by atoms with Crippen molar-refractivity contribution in [3.05, 3.63) is 91.9 Å². The minimum atomic E-state index is -2.91. The predicted octanol–water partition coefficient (Wildman–Crippen LogP) is 7.22. The number of aromatic nitrogens is 4. The number of benzene rings is 3. The number of carbonyl (C=O) groups excluding carboxylic acids is 2. The first-order chi connectivity index (χ1) is 32.2. The van der Waals surface area contributed by atoms with Gasteiger partial charge in [-0.1, -0.05) is 6.92 Å². The number of carbonyl (C=O) groups is 2. The Hall–Kier alpha value is -5.29. The first-order valence-electron chi connectivity index (χ1n) is 23.1. The minimum absolute atomic E-state index is 0.0597. The van der Waals surface area contributed by atoms with Crippen LogP contribution in [0.4, 0.5) is 37.6 Å². The Bertz CT molecular complexity index is 2820. The summed E-state index contributed by atoms with van der Waals surface area (Å²) >= 11 is 3.59. The van der Waals surface area contributed by atoms with Crippen molar-refractivity contribution in [1.29, 1.82) is 0 Å². The number of imide groups is 1. The van der Waals surface area contributed by atoms with Crippen molar-refractivity contribution in [2.45, 2.75) is 76.3 Å². The third-order valence-electron chi connectivity index (χ3n) is 13.6. The fourth-order valence-electron chi connectivity index (χ4n) is 9.90. The molecule has 4 aliphatic rings. The number of ether oxygens (including phenoxy) is 1. The molecule has 4 fully saturated rings. The topological polar surface area (TPSA) is 167 Å². The van der Waals surface area contributed by atoms with Gasteiger partial charge in [-0.3, -0.25) is 24.6 Å². The van der Waals surface area contributed by atoms with Crippen molar-refractivity contribution in [2.75, 3.05) is 81.8 Å². The number of aryl methyl sites for hydroxylation is 1. The van der Waals surface area contributed by atoms with Crippen LogP contribution in [0, 0.1) is 11.6 Å². The Morgan fingerprint density at radius 2 is 1.61 bits per heavy atom. The number of anilines is 5. The fraction of sp³-hybridized carbons (Fsp3) is 0.458. The summed E-state index contributed by atoms with van der Waals surface area (Å²) in [5.41, 5.74) is 3.70. The SMILES string of the molecule is CCc1cc(Nc2ncc(Br)c(Nc3ccc4c(=O)n(C5CC5)ncc4c3P(C)(C)=O)n2)c(OC)cc1N1CCC(N2CCN(CCc3cc(F)c(C4CCC(=O)NC4=O)c(F)c3)CC2)CC1. The molecule has 2 aromatic heterocycles. The molecule has 5 aromatic rings. The predicted molar refractivity (Wildman–Crippen MR) is 260 cm³/mol. The molecule has 0 spiro atoms. The Labute approximate surface area is 396 Å². The first kappa shape index (κ1) is 46.8. The molecule has 9 rings (SSSR count). The number of amides is 2. The standard InChI is InChI=1S/C48H56BrF2N10O5P/c1-5-29-24-39(55-48-52-27-35(49)45(57-48)54-38-10-8-32-34(44(38)67(3,4)65)26-53-61(47(32)64)31-6-7-31)41(66-2)25-40(29)60-16-13-30(14-17-60)59-20-18-58(19-21-59)15-12-28-22-36(50)43(37(51)23-28)33-9-11-42(62)56-46(33)63/h8,10,22-27,30-31,33H,5-7,9,11-21H2,1-4H3,(H,56,62,63)(H2,52,54,55,57). The monoisotopic (exact) mass is 1000 g/mol. The maximum Gasteiger partial charge on any atom is 0.274 e. The number of hydrogen-bond donors (Lipinski definition) is 3. The van der Waals surface area contributed by atoms with Crippen LogP contribution in [-0.2, 0) is 27.0 Å². The van der Waals surface area contributed by atoms with Crippen molar-refractivity contribution in [2.24, 2.45) is 0 Å². The molecule has 2 amide bonds. The number of piperazine rings is 1. The molecule has 3 saturated heterocycles. The number of hydrogen-bond acceptors (Lipinski definition) is 13. The highest BCUT2D eigenvalue weighted by atomic mass is 79.9. The number of piperidine rings is 2. The maximum absolute atomic E-state index is 15.1. The summed E-state index contributed by atoms with van der Waals surface area (Å²) < 4.78 is 52.1. The lowest BCUT2D eigenvalue weighted by atomic mass is 9.89. The van der Waals surface area contributed by atoms with E-state index in [4.69, 9.17) is 9.72 Å². The second-order valence-corrected chi connectivity index (χ2v) is 22.4. The molecule has 354 valence electrons. The van der Waals surface area contributed by atoms with E-state index in [9.17, 15) is 18.9 Å². The van der Waals surface area contributed by atoms with Crippen LogP contribution >= 0.6 is 23.1 Å². The Morgan fingerprint density at radius 1 is 0.881 bits per heavy atom. The summed E-state index contributed by atoms with van der Waals surface area (Å²) in [7, 11) is -1.26. The average Bonchev–Trinajstić information content (AvgIpc) is 4.15. The molecule has 3 N–H and O–H groups in total. The van der Waals surface area contributed by atoms with Crippen molar-refractivity contribution in [3.8, 4) is 5.75 Å². The van der Waals surface area contributed by atoms with Gasteiger partial charge in [-0.2, -0.15) is 10.1 Å². The van der Waals surface area contributed by atoms with E-state index in [0.717, 1.165) is 88.3 Å². The molecule has 5 heterocycles. The number of fused-ring (bicyclic) bond motifs is 1. The van der Waals surface area contributed by atoms with Crippen molar-refractivity contribution in [3.63, 3.8) is 0 Å². The summed E-state index contributed by atoms with van der Waals surface area (Å²) in [5, 5.41) is 15.0. The second-order valence-electron chi connectivity index (χ2n) is 18.4. The summed E-state index contributed by atoms with van der Waals surface area (Å²) in [6.07, 6.45) is 8.65. The van der Waals surface area contributed by atoms with Gasteiger partial charge in [0.25, 0.3) is 5.56 Å². The Balaban J connectivity index is 0.815. The molecule has 3 aromatic carbocycles. The van der Waals surface area contributed by atoms with E-state index in [2.05, 4.69) is 75.7 Å². The quantitative estimate of drug-likeness (QED) is 0.0755. The third-order valence-corrected chi connectivity index (χ3v) is 15.7. The summed E-state index contributed by atoms with van der Waals surface area (Å²) in [6, 6.07) is 11.0. The normalized spacial score (nSPS) is 18.9. The lowest BCUT2D eigenvalue weighted by molar-refractivity contribution is -0.134. The molecular weight excluding hydrogens is 945 g/mol. The number of nitrogens with one attached hydrogen (secondary N) is 3. The minimum Gasteiger partial charge on any atom is -0.494 e. The molecule has 3 aliphatic heterocycles. The van der Waals surface area contributed by atoms with Crippen LogP contribution in [-0.4, -0.2) is 114 Å². The average molecular weight is 1000 g/mol. The van der Waals surface area contributed by atoms with E-state index < -0.39 is 36.5 Å². The van der Waals surface area contributed by atoms with Gasteiger partial charge in [0.15, 0.2) is 0 Å². The zero-order valence-corrected chi connectivity index (χ0v) is 40.7. The van der Waals surface area contributed by atoms with E-state index in [-0.39, 0.29) is 30.0 Å². The molecule has 0 radical (unpaired) electrons. The lowest BCUT2D eigenvalue weighted by Crippen LogP contribution is -2.53. The molecule has 1 unspecified atom stereocenters. The molecule has 15 nitrogen and oxygen atoms in total. The van der Waals surface area contributed by atoms with Crippen LogP contribution in [0.5, 0.6) is 5.75 Å². The molecular formula is C48H56BrF2N10O5P. The highest BCUT2D eigenvalue weighted by Crippen LogP contribution is 2.43. The molecule has 67 heavy (non-hydrogen) atoms. The summed E-state index contributed by atoms with van der Waals surface area (Å²) in [6.45, 7) is 11.6. The fourth-order valence-corrected chi connectivity index (χ4v) is 11.7. The number of rotatable bonds is 14. The van der Waals surface area contributed by atoms with Crippen LogP contribution in [0.1, 0.15) is 74.1 Å². The molecule has 1 aliphatic carbocycles. The third kappa shape index (κ3) is 9.99. The van der Waals surface area contributed by atoms with Crippen molar-refractivity contribution >= 4 is 79.8 Å². The van der Waals surface area contributed by atoms with E-state index in [0.29, 0.717) is 68.3 Å². The van der Waals surface area contributed by atoms with Gasteiger partial charge >= 0.3 is 0 Å². The molecule has 1 saturated carbocycles. The Morgan fingerprint density at radius 3 is 2.27 bits per heavy atom. The first-order valence-corrected chi connectivity index (χ1v) is 26.5. The van der Waals surface area contributed by atoms with Crippen LogP contribution < -0.4 is 36.5 Å². The van der Waals surface area contributed by atoms with Crippen molar-refractivity contribution in [1.82, 2.24) is 34.9 Å². The summed E-state index contributed by atoms with van der Waals surface area (Å²) in [4.78, 5) is 53.9. The van der Waals surface area contributed by atoms with E-state index in [1.807, 2.05) is 0 Å². The molecule has 1 atom stereocenters. The number of methoxy groups -OCH3 is 1. The molecule has 19 heteroatoms. The van der Waals surface area contributed by atoms with E-state index in [1.54, 1.807) is 45.0 Å². The maximum atomic E-state index is 15.1. The highest BCUT2D eigenvalue weighted by Gasteiger charge is 2.34. The summed E-state index contributed by atoms with van der Waals surface area (Å²) in [5.74, 6) is -2.12. The van der Waals surface area contributed by atoms with Gasteiger partial charge in [-0.05, 0) is 116 Å². The van der Waals surface area contributed by atoms with Gasteiger partial charge in [0.1, 0.15) is 30.3 Å². The van der Waals surface area contributed by atoms with Crippen LogP contribution in [0.25, 0.3) is 10.8 Å². The van der Waals surface area contributed by atoms with Gasteiger partial charge < -0.3 is 29.7 Å². The van der Waals surface area contributed by atoms with Crippen LogP contribution in [0.15, 0.2) is 58.1 Å². The zero-order valence-electron chi connectivity index (χ0n) is 38.2. The number of halogens is 3. The highest BCUT2D eigenvalue weighted by molar-refractivity contribution is 9.10. The van der Waals surface area contributed by atoms with Crippen molar-refractivity contribution < 1.29 is 27.7 Å². The Kier molecular flexibility index (Phi) is 13.5. The van der Waals surface area contributed by atoms with Gasteiger partial charge in [0.05, 0.1) is 46.5 Å². The van der Waals surface area contributed by atoms with Gasteiger partial charge in [-0.15, -0.1) is 0 Å². The number of nitrogens with zero attached hydrogens (tertiary/aromatic N) is 7. The van der Waals surface area contributed by atoms with Gasteiger partial charge in [-0.25, -0.2) is 18.4 Å². The van der Waals surface area contributed by atoms with Gasteiger partial charge in [0, 0.05) is 92.5 Å². The van der Waals surface area contributed by atoms with E-state index in [1.165, 1.54) is 16.8 Å². The molecule has 0 bridgehead atoms. The van der Waals surface area contributed by atoms with Gasteiger partial charge in [0.2, 0.25) is 17.8 Å². The second kappa shape index (κ2) is 19.4. The largest absolute Gasteiger partial charge is 0.494 e. The smallest absolute Gasteiger partial charge is 0.274 e.